The van der Waals surface area contributed by atoms with E-state index in [1.807, 2.05) is 24.3 Å². The number of anilines is 2. The zero-order chi connectivity index (χ0) is 22.9. The van der Waals surface area contributed by atoms with Crippen LogP contribution < -0.4 is 16.0 Å². The van der Waals surface area contributed by atoms with Crippen molar-refractivity contribution in [1.82, 2.24) is 10.2 Å². The molecule has 0 unspecified atom stereocenters. The molecule has 0 saturated carbocycles. The summed E-state index contributed by atoms with van der Waals surface area (Å²) < 4.78 is 13.9. The Bertz CT molecular complexity index is 1180. The highest BCUT2D eigenvalue weighted by molar-refractivity contribution is 6.39. The molecular formula is C24H24FN5O3. The molecule has 5 rings (SSSR count). The van der Waals surface area contributed by atoms with Gasteiger partial charge in [-0.25, -0.2) is 4.39 Å². The van der Waals surface area contributed by atoms with Crippen molar-refractivity contribution in [1.29, 1.82) is 0 Å². The van der Waals surface area contributed by atoms with Crippen molar-refractivity contribution in [2.75, 3.05) is 37.4 Å². The van der Waals surface area contributed by atoms with Crippen LogP contribution in [-0.2, 0) is 14.4 Å². The monoisotopic (exact) mass is 449 g/mol. The van der Waals surface area contributed by atoms with E-state index in [4.69, 9.17) is 4.84 Å². The Kier molecular flexibility index (Phi) is 5.55. The number of fused-ring (bicyclic) bond motifs is 2. The number of nitrogens with zero attached hydrogens (tertiary/aromatic N) is 2. The van der Waals surface area contributed by atoms with Gasteiger partial charge in [-0.1, -0.05) is 23.4 Å². The van der Waals surface area contributed by atoms with E-state index in [1.165, 1.54) is 18.2 Å². The van der Waals surface area contributed by atoms with E-state index in [9.17, 15) is 14.0 Å². The summed E-state index contributed by atoms with van der Waals surface area (Å²) in [7, 11) is 2.06. The quantitative estimate of drug-likeness (QED) is 0.493. The second-order valence-corrected chi connectivity index (χ2v) is 8.42. The molecule has 9 heteroatoms. The second kappa shape index (κ2) is 8.67. The second-order valence-electron chi connectivity index (χ2n) is 8.42. The number of hydrogen-bond acceptors (Lipinski definition) is 6. The molecule has 0 spiro atoms. The van der Waals surface area contributed by atoms with Crippen molar-refractivity contribution in [3.63, 3.8) is 0 Å². The van der Waals surface area contributed by atoms with Gasteiger partial charge in [-0.3, -0.25) is 9.59 Å². The van der Waals surface area contributed by atoms with Crippen LogP contribution in [0.5, 0.6) is 0 Å². The van der Waals surface area contributed by atoms with Gasteiger partial charge in [0.2, 0.25) is 0 Å². The molecule has 0 aliphatic carbocycles. The van der Waals surface area contributed by atoms with Crippen LogP contribution in [0.3, 0.4) is 0 Å². The minimum absolute atomic E-state index is 0.130. The average Bonchev–Trinajstić information content (AvgIpc) is 3.31. The minimum Gasteiger partial charge on any atom is -0.385 e. The molecule has 8 nitrogen and oxygen atoms in total. The number of para-hydroxylation sites is 1. The molecule has 1 saturated heterocycles. The number of halogens is 1. The van der Waals surface area contributed by atoms with E-state index >= 15 is 0 Å². The molecular weight excluding hydrogens is 425 g/mol. The van der Waals surface area contributed by atoms with Gasteiger partial charge in [0, 0.05) is 28.5 Å². The van der Waals surface area contributed by atoms with Crippen LogP contribution >= 0.6 is 0 Å². The fraction of sp³-hybridized carbons (Fsp3) is 0.292. The maximum atomic E-state index is 13.9. The van der Waals surface area contributed by atoms with Crippen LogP contribution in [0.4, 0.5) is 15.8 Å². The molecule has 3 N–H and O–H groups in total. The van der Waals surface area contributed by atoms with Gasteiger partial charge in [-0.05, 0) is 57.2 Å². The van der Waals surface area contributed by atoms with Crippen molar-refractivity contribution in [2.24, 2.45) is 5.16 Å². The third-order valence-electron chi connectivity index (χ3n) is 6.09. The number of amides is 2. The first-order valence-corrected chi connectivity index (χ1v) is 10.9. The fourth-order valence-corrected chi connectivity index (χ4v) is 4.37. The van der Waals surface area contributed by atoms with Gasteiger partial charge in [0.05, 0.1) is 11.3 Å². The SMILES string of the molecule is CN1CCC(NC(=O)CO/N=C2/C(=C3\C(=O)Nc4ccc(F)cc43)Nc3ccccc32)CC1. The van der Waals surface area contributed by atoms with Gasteiger partial charge in [0.25, 0.3) is 11.8 Å². The molecule has 0 aromatic heterocycles. The molecule has 3 aliphatic heterocycles. The Morgan fingerprint density at radius 2 is 1.91 bits per heavy atom. The maximum Gasteiger partial charge on any atom is 0.260 e. The number of likely N-dealkylation sites (tertiary alicyclic amines) is 1. The van der Waals surface area contributed by atoms with E-state index in [-0.39, 0.29) is 30.0 Å². The number of rotatable bonds is 4. The van der Waals surface area contributed by atoms with Gasteiger partial charge in [0.1, 0.15) is 11.5 Å². The largest absolute Gasteiger partial charge is 0.385 e. The van der Waals surface area contributed by atoms with Crippen molar-refractivity contribution in [3.8, 4) is 0 Å². The Morgan fingerprint density at radius 3 is 2.73 bits per heavy atom. The third-order valence-corrected chi connectivity index (χ3v) is 6.09. The van der Waals surface area contributed by atoms with Gasteiger partial charge in [-0.15, -0.1) is 0 Å². The Hall–Kier alpha value is -3.72. The number of hydrogen-bond donors (Lipinski definition) is 3. The lowest BCUT2D eigenvalue weighted by Crippen LogP contribution is -2.44. The van der Waals surface area contributed by atoms with Gasteiger partial charge < -0.3 is 25.7 Å². The number of benzene rings is 2. The molecule has 2 amide bonds. The number of carbonyl (C=O) groups excluding carboxylic acids is 2. The lowest BCUT2D eigenvalue weighted by Gasteiger charge is -2.29. The molecule has 1 fully saturated rings. The summed E-state index contributed by atoms with van der Waals surface area (Å²) in [6.07, 6.45) is 1.80. The predicted octanol–water partition coefficient (Wildman–Crippen LogP) is 2.55. The van der Waals surface area contributed by atoms with Crippen LogP contribution in [0, 0.1) is 5.82 Å². The minimum atomic E-state index is -0.445. The van der Waals surface area contributed by atoms with Crippen molar-refractivity contribution < 1.29 is 18.8 Å². The van der Waals surface area contributed by atoms with Crippen LogP contribution in [0.1, 0.15) is 24.0 Å². The Balaban J connectivity index is 1.39. The molecule has 170 valence electrons. The van der Waals surface area contributed by atoms with Crippen LogP contribution in [0.25, 0.3) is 5.57 Å². The smallest absolute Gasteiger partial charge is 0.260 e. The summed E-state index contributed by atoms with van der Waals surface area (Å²) in [5, 5.41) is 13.2. The highest BCUT2D eigenvalue weighted by Crippen LogP contribution is 2.39. The Labute approximate surface area is 190 Å². The van der Waals surface area contributed by atoms with E-state index in [2.05, 4.69) is 33.1 Å². The van der Waals surface area contributed by atoms with Gasteiger partial charge in [0.15, 0.2) is 6.61 Å². The van der Waals surface area contributed by atoms with Crippen molar-refractivity contribution in [3.05, 3.63) is 65.1 Å². The molecule has 0 radical (unpaired) electrons. The zero-order valence-electron chi connectivity index (χ0n) is 18.2. The number of piperidine rings is 1. The normalized spacial score (nSPS) is 21.4. The van der Waals surface area contributed by atoms with Gasteiger partial charge >= 0.3 is 0 Å². The molecule has 0 bridgehead atoms. The van der Waals surface area contributed by atoms with Crippen LogP contribution in [0.15, 0.2) is 53.3 Å². The zero-order valence-corrected chi connectivity index (χ0v) is 18.2. The molecule has 2 aromatic rings. The molecule has 0 atom stereocenters. The number of nitrogens with one attached hydrogen (secondary N) is 3. The Morgan fingerprint density at radius 1 is 1.15 bits per heavy atom. The van der Waals surface area contributed by atoms with E-state index < -0.39 is 5.82 Å². The van der Waals surface area contributed by atoms with E-state index in [0.717, 1.165) is 37.2 Å². The first-order valence-electron chi connectivity index (χ1n) is 10.9. The molecule has 3 aliphatic rings. The highest BCUT2D eigenvalue weighted by atomic mass is 19.1. The molecule has 2 aromatic carbocycles. The summed E-state index contributed by atoms with van der Waals surface area (Å²) >= 11 is 0. The van der Waals surface area contributed by atoms with Crippen molar-refractivity contribution >= 4 is 34.5 Å². The fourth-order valence-electron chi connectivity index (χ4n) is 4.37. The summed E-state index contributed by atoms with van der Waals surface area (Å²) in [5.74, 6) is -1.05. The van der Waals surface area contributed by atoms with Crippen LogP contribution in [-0.4, -0.2) is 55.2 Å². The first kappa shape index (κ1) is 21.1. The summed E-state index contributed by atoms with van der Waals surface area (Å²) in [6, 6.07) is 11.7. The predicted molar refractivity (Wildman–Crippen MR) is 123 cm³/mol. The number of carbonyl (C=O) groups is 2. The lowest BCUT2D eigenvalue weighted by molar-refractivity contribution is -0.126. The summed E-state index contributed by atoms with van der Waals surface area (Å²) in [6.45, 7) is 1.65. The third kappa shape index (κ3) is 4.19. The summed E-state index contributed by atoms with van der Waals surface area (Å²) in [4.78, 5) is 32.8. The van der Waals surface area contributed by atoms with E-state index in [1.54, 1.807) is 0 Å². The summed E-state index contributed by atoms with van der Waals surface area (Å²) in [5.41, 5.74) is 3.53. The highest BCUT2D eigenvalue weighted by Gasteiger charge is 2.34. The maximum absolute atomic E-state index is 13.9. The molecule has 3 heterocycles. The standard InChI is InChI=1S/C24H24FN5O3/c1-30-10-8-15(9-11-30)26-20(31)13-33-29-22-16-4-2-3-5-18(16)27-23(22)21-17-12-14(25)6-7-19(17)28-24(21)32/h2-7,12,15,27H,8-11,13H2,1H3,(H,26,31)(H,28,32)/b23-21+,29-22+. The average molecular weight is 449 g/mol. The first-order chi connectivity index (χ1) is 16.0. The topological polar surface area (TPSA) is 95.1 Å². The lowest BCUT2D eigenvalue weighted by atomic mass is 10.0. The van der Waals surface area contributed by atoms with Gasteiger partial charge in [-0.2, -0.15) is 0 Å². The van der Waals surface area contributed by atoms with Crippen LogP contribution in [0.2, 0.25) is 0 Å². The number of oxime groups is 1. The number of allylic oxidation sites excluding steroid dienone is 1. The van der Waals surface area contributed by atoms with E-state index in [0.29, 0.717) is 22.7 Å². The van der Waals surface area contributed by atoms with Crippen molar-refractivity contribution in [2.45, 2.75) is 18.9 Å². The molecule has 33 heavy (non-hydrogen) atoms.